The van der Waals surface area contributed by atoms with Crippen molar-refractivity contribution in [2.24, 2.45) is 0 Å². The first-order chi connectivity index (χ1) is 13.9. The number of hydrogen-bond acceptors (Lipinski definition) is 5. The zero-order valence-corrected chi connectivity index (χ0v) is 18.0. The van der Waals surface area contributed by atoms with Gasteiger partial charge in [0.25, 0.3) is 0 Å². The van der Waals surface area contributed by atoms with Crippen molar-refractivity contribution in [2.75, 3.05) is 13.2 Å². The van der Waals surface area contributed by atoms with E-state index in [0.29, 0.717) is 24.7 Å². The van der Waals surface area contributed by atoms with Crippen LogP contribution in [0.15, 0.2) is 18.2 Å². The Balaban J connectivity index is 1.89. The molecule has 1 aliphatic rings. The first-order valence-electron chi connectivity index (χ1n) is 10.7. The number of carbonyl (C=O) groups is 2. The molecule has 7 nitrogen and oxygen atoms in total. The Kier molecular flexibility index (Phi) is 9.25. The molecule has 0 aromatic heterocycles. The molecule has 0 unspecified atom stereocenters. The largest absolute Gasteiger partial charge is 0.490 e. The van der Waals surface area contributed by atoms with Gasteiger partial charge in [-0.3, -0.25) is 15.4 Å². The summed E-state index contributed by atoms with van der Waals surface area (Å²) >= 11 is 0. The lowest BCUT2D eigenvalue weighted by molar-refractivity contribution is -0.121. The van der Waals surface area contributed by atoms with Crippen LogP contribution < -0.4 is 25.4 Å². The van der Waals surface area contributed by atoms with Crippen LogP contribution in [0.25, 0.3) is 0 Å². The van der Waals surface area contributed by atoms with Gasteiger partial charge < -0.3 is 14.8 Å². The minimum Gasteiger partial charge on any atom is -0.490 e. The molecule has 29 heavy (non-hydrogen) atoms. The Labute approximate surface area is 173 Å². The van der Waals surface area contributed by atoms with Crippen LogP contribution >= 0.6 is 0 Å². The fourth-order valence-electron chi connectivity index (χ4n) is 3.57. The average molecular weight is 406 g/mol. The van der Waals surface area contributed by atoms with Gasteiger partial charge in [-0.15, -0.1) is 0 Å². The summed E-state index contributed by atoms with van der Waals surface area (Å²) in [6.45, 7) is 8.68. The quantitative estimate of drug-likeness (QED) is 0.583. The molecule has 0 heterocycles. The molecular formula is C22H35N3O4. The van der Waals surface area contributed by atoms with Gasteiger partial charge in [0, 0.05) is 12.1 Å². The van der Waals surface area contributed by atoms with Crippen LogP contribution in [-0.4, -0.2) is 37.2 Å². The highest BCUT2D eigenvalue weighted by Gasteiger charge is 2.21. The Morgan fingerprint density at radius 3 is 2.34 bits per heavy atom. The predicted octanol–water partition coefficient (Wildman–Crippen LogP) is 3.68. The third kappa shape index (κ3) is 7.24. The minimum absolute atomic E-state index is 0.105. The van der Waals surface area contributed by atoms with Crippen molar-refractivity contribution < 1.29 is 19.1 Å². The van der Waals surface area contributed by atoms with Gasteiger partial charge in [0.1, 0.15) is 0 Å². The maximum atomic E-state index is 12.4. The van der Waals surface area contributed by atoms with Crippen LogP contribution in [0.1, 0.15) is 71.4 Å². The van der Waals surface area contributed by atoms with E-state index in [1.54, 1.807) is 6.92 Å². The molecule has 0 radical (unpaired) electrons. The maximum Gasteiger partial charge on any atom is 0.321 e. The SMILES string of the molecule is CCOc1ccc([C@@H](C)N[C@H](C)C(=O)NC(=O)NC2CCCCC2)cc1OCC. The summed E-state index contributed by atoms with van der Waals surface area (Å²) in [7, 11) is 0. The van der Waals surface area contributed by atoms with E-state index in [-0.39, 0.29) is 18.0 Å². The Hall–Kier alpha value is -2.28. The van der Waals surface area contributed by atoms with Gasteiger partial charge in [-0.05, 0) is 58.2 Å². The number of imide groups is 1. The van der Waals surface area contributed by atoms with Crippen LogP contribution in [0.5, 0.6) is 11.5 Å². The first kappa shape index (κ1) is 23.0. The number of urea groups is 1. The van der Waals surface area contributed by atoms with E-state index in [1.807, 2.05) is 39.0 Å². The highest BCUT2D eigenvalue weighted by Crippen LogP contribution is 2.30. The molecule has 0 bridgehead atoms. The molecule has 1 aliphatic carbocycles. The molecule has 1 aromatic rings. The summed E-state index contributed by atoms with van der Waals surface area (Å²) in [5, 5.41) is 8.58. The molecule has 2 rings (SSSR count). The van der Waals surface area contributed by atoms with E-state index in [4.69, 9.17) is 9.47 Å². The number of benzene rings is 1. The van der Waals surface area contributed by atoms with Gasteiger partial charge in [-0.25, -0.2) is 4.79 Å². The van der Waals surface area contributed by atoms with Gasteiger partial charge >= 0.3 is 6.03 Å². The summed E-state index contributed by atoms with van der Waals surface area (Å²) in [5.41, 5.74) is 0.975. The van der Waals surface area contributed by atoms with Crippen molar-refractivity contribution >= 4 is 11.9 Å². The lowest BCUT2D eigenvalue weighted by atomic mass is 9.96. The number of carbonyl (C=O) groups excluding carboxylic acids is 2. The third-order valence-corrected chi connectivity index (χ3v) is 5.14. The number of rotatable bonds is 9. The molecule has 0 aliphatic heterocycles. The Morgan fingerprint density at radius 1 is 1.03 bits per heavy atom. The molecule has 1 fully saturated rings. The Bertz CT molecular complexity index is 674. The highest BCUT2D eigenvalue weighted by molar-refractivity contribution is 5.96. The van der Waals surface area contributed by atoms with E-state index in [1.165, 1.54) is 6.42 Å². The zero-order chi connectivity index (χ0) is 21.2. The summed E-state index contributed by atoms with van der Waals surface area (Å²) in [6, 6.07) is 4.88. The molecular weight excluding hydrogens is 370 g/mol. The highest BCUT2D eigenvalue weighted by atomic mass is 16.5. The van der Waals surface area contributed by atoms with Crippen molar-refractivity contribution in [1.29, 1.82) is 0 Å². The number of nitrogens with one attached hydrogen (secondary N) is 3. The van der Waals surface area contributed by atoms with Gasteiger partial charge in [0.2, 0.25) is 5.91 Å². The fourth-order valence-corrected chi connectivity index (χ4v) is 3.57. The standard InChI is InChI=1S/C22H35N3O4/c1-5-28-19-13-12-17(14-20(19)29-6-2)15(3)23-16(4)21(26)25-22(27)24-18-10-8-7-9-11-18/h12-16,18,23H,5-11H2,1-4H3,(H2,24,25,26,27)/t15-,16-/m1/s1. The van der Waals surface area contributed by atoms with Crippen LogP contribution in [0, 0.1) is 0 Å². The molecule has 0 spiro atoms. The number of amides is 3. The topological polar surface area (TPSA) is 88.7 Å². The second-order valence-electron chi connectivity index (χ2n) is 7.48. The van der Waals surface area contributed by atoms with Crippen molar-refractivity contribution in [3.8, 4) is 11.5 Å². The van der Waals surface area contributed by atoms with E-state index in [9.17, 15) is 9.59 Å². The average Bonchev–Trinajstić information content (AvgIpc) is 2.70. The number of ether oxygens (including phenoxy) is 2. The first-order valence-corrected chi connectivity index (χ1v) is 10.7. The zero-order valence-electron chi connectivity index (χ0n) is 18.0. The van der Waals surface area contributed by atoms with Crippen LogP contribution in [0.4, 0.5) is 4.79 Å². The van der Waals surface area contributed by atoms with Crippen molar-refractivity contribution in [1.82, 2.24) is 16.0 Å². The summed E-state index contributed by atoms with van der Waals surface area (Å²) < 4.78 is 11.3. The molecule has 3 amide bonds. The predicted molar refractivity (Wildman–Crippen MR) is 113 cm³/mol. The van der Waals surface area contributed by atoms with Crippen LogP contribution in [0.3, 0.4) is 0 Å². The maximum absolute atomic E-state index is 12.4. The van der Waals surface area contributed by atoms with E-state index in [2.05, 4.69) is 16.0 Å². The lowest BCUT2D eigenvalue weighted by Gasteiger charge is -2.24. The van der Waals surface area contributed by atoms with Crippen LogP contribution in [-0.2, 0) is 4.79 Å². The molecule has 0 saturated heterocycles. The normalized spacial score (nSPS) is 16.6. The van der Waals surface area contributed by atoms with Crippen molar-refractivity contribution in [2.45, 2.75) is 77.9 Å². The molecule has 2 atom stereocenters. The fraction of sp³-hybridized carbons (Fsp3) is 0.636. The van der Waals surface area contributed by atoms with E-state index < -0.39 is 12.1 Å². The van der Waals surface area contributed by atoms with E-state index >= 15 is 0 Å². The van der Waals surface area contributed by atoms with Gasteiger partial charge in [-0.1, -0.05) is 25.3 Å². The monoisotopic (exact) mass is 405 g/mol. The molecule has 1 aromatic carbocycles. The van der Waals surface area contributed by atoms with Crippen LogP contribution in [0.2, 0.25) is 0 Å². The van der Waals surface area contributed by atoms with Gasteiger partial charge in [0.15, 0.2) is 11.5 Å². The smallest absolute Gasteiger partial charge is 0.321 e. The second-order valence-corrected chi connectivity index (χ2v) is 7.48. The van der Waals surface area contributed by atoms with Crippen molar-refractivity contribution in [3.63, 3.8) is 0 Å². The van der Waals surface area contributed by atoms with E-state index in [0.717, 1.165) is 31.2 Å². The lowest BCUT2D eigenvalue weighted by Crippen LogP contribution is -2.50. The minimum atomic E-state index is -0.524. The molecule has 7 heteroatoms. The van der Waals surface area contributed by atoms with Gasteiger partial charge in [-0.2, -0.15) is 0 Å². The molecule has 3 N–H and O–H groups in total. The molecule has 162 valence electrons. The molecule has 1 saturated carbocycles. The Morgan fingerprint density at radius 2 is 1.69 bits per heavy atom. The number of hydrogen-bond donors (Lipinski definition) is 3. The summed E-state index contributed by atoms with van der Waals surface area (Å²) in [4.78, 5) is 24.5. The third-order valence-electron chi connectivity index (χ3n) is 5.14. The van der Waals surface area contributed by atoms with Gasteiger partial charge in [0.05, 0.1) is 19.3 Å². The summed E-state index contributed by atoms with van der Waals surface area (Å²) in [6.07, 6.45) is 5.42. The van der Waals surface area contributed by atoms with Crippen molar-refractivity contribution in [3.05, 3.63) is 23.8 Å². The second kappa shape index (κ2) is 11.7. The summed E-state index contributed by atoms with van der Waals surface area (Å²) in [5.74, 6) is 1.04.